The third-order valence-electron chi connectivity index (χ3n) is 4.78. The van der Waals surface area contributed by atoms with E-state index in [0.717, 1.165) is 0 Å². The molecule has 1 rings (SSSR count). The van der Waals surface area contributed by atoms with Crippen molar-refractivity contribution in [1.82, 2.24) is 0 Å². The highest BCUT2D eigenvalue weighted by atomic mass is 79.9. The van der Waals surface area contributed by atoms with E-state index in [1.54, 1.807) is 0 Å². The second-order valence-corrected chi connectivity index (χ2v) is 9.08. The quantitative estimate of drug-likeness (QED) is 0.167. The number of thioether (sulfide) groups is 1. The summed E-state index contributed by atoms with van der Waals surface area (Å²) < 4.78 is 0. The van der Waals surface area contributed by atoms with E-state index in [2.05, 4.69) is 58.0 Å². The first kappa shape index (κ1) is 23.1. The molecule has 0 saturated heterocycles. The van der Waals surface area contributed by atoms with Crippen molar-refractivity contribution in [2.24, 2.45) is 0 Å². The number of hydrogen-bond acceptors (Lipinski definition) is 1. The van der Waals surface area contributed by atoms with E-state index in [9.17, 15) is 0 Å². The Hall–Kier alpha value is 0.0500. The number of unbranched alkanes of at least 4 members (excludes halogenated alkanes) is 13. The predicted molar refractivity (Wildman–Crippen MR) is 121 cm³/mol. The van der Waals surface area contributed by atoms with E-state index in [4.69, 9.17) is 0 Å². The highest BCUT2D eigenvalue weighted by molar-refractivity contribution is 9.09. The first-order valence-corrected chi connectivity index (χ1v) is 12.9. The summed E-state index contributed by atoms with van der Waals surface area (Å²) in [6.45, 7) is 0. The van der Waals surface area contributed by atoms with Gasteiger partial charge in [-0.2, -0.15) is 11.8 Å². The molecule has 0 unspecified atom stereocenters. The molecule has 1 aromatic rings. The fourth-order valence-electron chi connectivity index (χ4n) is 3.18. The fourth-order valence-corrected chi connectivity index (χ4v) is 4.56. The lowest BCUT2D eigenvalue weighted by Gasteiger charge is -2.04. The summed E-state index contributed by atoms with van der Waals surface area (Å²) in [6.07, 6.45) is 20.2. The highest BCUT2D eigenvalue weighted by Crippen LogP contribution is 2.16. The van der Waals surface area contributed by atoms with Crippen LogP contribution in [0, 0.1) is 0 Å². The fraction of sp³-hybridized carbons (Fsp3) is 0.739. The molecule has 25 heavy (non-hydrogen) atoms. The maximum atomic E-state index is 3.50. The average molecular weight is 428 g/mol. The Kier molecular flexibility index (Phi) is 17.4. The zero-order valence-electron chi connectivity index (χ0n) is 16.2. The van der Waals surface area contributed by atoms with Crippen LogP contribution in [0.5, 0.6) is 0 Å². The van der Waals surface area contributed by atoms with Gasteiger partial charge in [0, 0.05) is 11.1 Å². The first-order valence-electron chi connectivity index (χ1n) is 10.6. The molecule has 0 bridgehead atoms. The molecule has 0 aromatic heterocycles. The van der Waals surface area contributed by atoms with Gasteiger partial charge < -0.3 is 0 Å². The largest absolute Gasteiger partial charge is 0.157 e. The van der Waals surface area contributed by atoms with Crippen molar-refractivity contribution in [3.05, 3.63) is 35.9 Å². The predicted octanol–water partition coefficient (Wildman–Crippen LogP) is 8.78. The van der Waals surface area contributed by atoms with E-state index in [1.807, 2.05) is 0 Å². The van der Waals surface area contributed by atoms with E-state index in [0.29, 0.717) is 0 Å². The minimum absolute atomic E-state index is 1.18. The van der Waals surface area contributed by atoms with Gasteiger partial charge in [0.25, 0.3) is 0 Å². The molecular formula is C23H39BrS. The smallest absolute Gasteiger partial charge is 0.0184 e. The van der Waals surface area contributed by atoms with Crippen molar-refractivity contribution in [2.75, 3.05) is 11.1 Å². The molecule has 0 heterocycles. The monoisotopic (exact) mass is 426 g/mol. The summed E-state index contributed by atoms with van der Waals surface area (Å²) in [5.74, 6) is 2.50. The van der Waals surface area contributed by atoms with Crippen LogP contribution in [0.25, 0.3) is 0 Å². The van der Waals surface area contributed by atoms with E-state index in [-0.39, 0.29) is 0 Å². The number of hydrogen-bond donors (Lipinski definition) is 0. The Bertz CT molecular complexity index is 366. The van der Waals surface area contributed by atoms with Crippen LogP contribution in [0.2, 0.25) is 0 Å². The summed E-state index contributed by atoms with van der Waals surface area (Å²) in [7, 11) is 0. The van der Waals surface area contributed by atoms with Crippen LogP contribution in [0.1, 0.15) is 95.5 Å². The van der Waals surface area contributed by atoms with Crippen LogP contribution in [0.4, 0.5) is 0 Å². The lowest BCUT2D eigenvalue weighted by atomic mass is 10.0. The van der Waals surface area contributed by atoms with Gasteiger partial charge in [-0.3, -0.25) is 0 Å². The van der Waals surface area contributed by atoms with E-state index >= 15 is 0 Å². The van der Waals surface area contributed by atoms with Crippen molar-refractivity contribution in [3.63, 3.8) is 0 Å². The van der Waals surface area contributed by atoms with Crippen molar-refractivity contribution in [3.8, 4) is 0 Å². The molecule has 0 fully saturated rings. The zero-order chi connectivity index (χ0) is 17.8. The van der Waals surface area contributed by atoms with Gasteiger partial charge in [-0.05, 0) is 24.2 Å². The second-order valence-electron chi connectivity index (χ2n) is 7.18. The summed E-state index contributed by atoms with van der Waals surface area (Å²) in [4.78, 5) is 0. The van der Waals surface area contributed by atoms with E-state index in [1.165, 1.54) is 112 Å². The molecule has 1 aromatic carbocycles. The number of halogens is 1. The van der Waals surface area contributed by atoms with E-state index < -0.39 is 0 Å². The zero-order valence-corrected chi connectivity index (χ0v) is 18.6. The third-order valence-corrected chi connectivity index (χ3v) is 6.46. The summed E-state index contributed by atoms with van der Waals surface area (Å²) in [5, 5.41) is 1.18. The SMILES string of the molecule is BrCCCCCCCCCCCCCCCCSCc1ccccc1. The molecule has 0 atom stereocenters. The Morgan fingerprint density at radius 1 is 0.560 bits per heavy atom. The minimum atomic E-state index is 1.18. The molecule has 0 saturated carbocycles. The summed E-state index contributed by atoms with van der Waals surface area (Å²) >= 11 is 5.59. The average Bonchev–Trinajstić information content (AvgIpc) is 2.65. The van der Waals surface area contributed by atoms with Gasteiger partial charge in [0.1, 0.15) is 0 Å². The summed E-state index contributed by atoms with van der Waals surface area (Å²) in [6, 6.07) is 10.8. The molecule has 0 radical (unpaired) electrons. The molecule has 0 nitrogen and oxygen atoms in total. The van der Waals surface area contributed by atoms with Crippen molar-refractivity contribution in [1.29, 1.82) is 0 Å². The molecule has 0 aliphatic rings. The number of benzene rings is 1. The molecule has 2 heteroatoms. The Morgan fingerprint density at radius 2 is 1.00 bits per heavy atom. The van der Waals surface area contributed by atoms with Crippen LogP contribution >= 0.6 is 27.7 Å². The first-order chi connectivity index (χ1) is 12.4. The Balaban J connectivity index is 1.69. The van der Waals surface area contributed by atoms with Gasteiger partial charge in [-0.1, -0.05) is 123 Å². The normalized spacial score (nSPS) is 11.1. The third kappa shape index (κ3) is 16.0. The molecule has 0 spiro atoms. The van der Waals surface area contributed by atoms with Gasteiger partial charge in [0.05, 0.1) is 0 Å². The molecule has 0 aliphatic carbocycles. The topological polar surface area (TPSA) is 0 Å². The lowest BCUT2D eigenvalue weighted by Crippen LogP contribution is -1.86. The van der Waals surface area contributed by atoms with Crippen LogP contribution in [0.15, 0.2) is 30.3 Å². The molecule has 144 valence electrons. The molecular weight excluding hydrogens is 388 g/mol. The second kappa shape index (κ2) is 18.8. The summed E-state index contributed by atoms with van der Waals surface area (Å²) in [5.41, 5.74) is 1.46. The van der Waals surface area contributed by atoms with Crippen molar-refractivity contribution < 1.29 is 0 Å². The van der Waals surface area contributed by atoms with Gasteiger partial charge in [-0.25, -0.2) is 0 Å². The molecule has 0 amide bonds. The Labute approximate surface area is 170 Å². The maximum Gasteiger partial charge on any atom is 0.0184 e. The van der Waals surface area contributed by atoms with Crippen LogP contribution in [0.3, 0.4) is 0 Å². The minimum Gasteiger partial charge on any atom is -0.157 e. The van der Waals surface area contributed by atoms with Crippen molar-refractivity contribution >= 4 is 27.7 Å². The highest BCUT2D eigenvalue weighted by Gasteiger charge is 1.95. The van der Waals surface area contributed by atoms with Crippen LogP contribution in [-0.2, 0) is 5.75 Å². The standard InChI is InChI=1S/C23H39BrS/c24-20-16-11-9-7-5-3-1-2-4-6-8-10-12-17-21-25-22-23-18-14-13-15-19-23/h13-15,18-19H,1-12,16-17,20-22H2. The lowest BCUT2D eigenvalue weighted by molar-refractivity contribution is 0.539. The van der Waals surface area contributed by atoms with Gasteiger partial charge >= 0.3 is 0 Å². The van der Waals surface area contributed by atoms with Gasteiger partial charge in [0.2, 0.25) is 0 Å². The van der Waals surface area contributed by atoms with Crippen LogP contribution < -0.4 is 0 Å². The number of alkyl halides is 1. The molecule has 0 aliphatic heterocycles. The van der Waals surface area contributed by atoms with Gasteiger partial charge in [-0.15, -0.1) is 0 Å². The molecule has 0 N–H and O–H groups in total. The number of rotatable bonds is 18. The van der Waals surface area contributed by atoms with Crippen LogP contribution in [-0.4, -0.2) is 11.1 Å². The van der Waals surface area contributed by atoms with Crippen molar-refractivity contribution in [2.45, 2.75) is 95.6 Å². The Morgan fingerprint density at radius 3 is 1.48 bits per heavy atom. The van der Waals surface area contributed by atoms with Gasteiger partial charge in [0.15, 0.2) is 0 Å². The maximum absolute atomic E-state index is 3.50.